The number of carbonyl (C=O) groups is 2. The van der Waals surface area contributed by atoms with Crippen molar-refractivity contribution in [3.8, 4) is 5.75 Å². The van der Waals surface area contributed by atoms with Gasteiger partial charge in [-0.25, -0.2) is 0 Å². The maximum Gasteiger partial charge on any atom is 0.307 e. The Morgan fingerprint density at radius 1 is 0.844 bits per heavy atom. The fourth-order valence-corrected chi connectivity index (χ4v) is 3.60. The van der Waals surface area contributed by atoms with Crippen molar-refractivity contribution in [3.63, 3.8) is 0 Å². The van der Waals surface area contributed by atoms with Crippen molar-refractivity contribution in [2.45, 2.75) is 32.6 Å². The molecular formula is C27H29NO4. The van der Waals surface area contributed by atoms with E-state index >= 15 is 0 Å². The van der Waals surface area contributed by atoms with Crippen molar-refractivity contribution < 1.29 is 19.4 Å². The standard InChI is InChI=1S/C27H29NO4/c1-20-7-5-6-10-24(20)11-13-28-26(29)18-22-15-23(19-27(30)31)17-25(16-22)32-14-12-21-8-3-2-4-9-21/h2-10,15-17H,11-14,18-19H2,1H3,(H,28,29)(H,30,31). The molecule has 3 rings (SSSR count). The second-order valence-electron chi connectivity index (χ2n) is 7.84. The number of carbonyl (C=O) groups excluding carboxylic acids is 1. The molecule has 0 aliphatic rings. The fourth-order valence-electron chi connectivity index (χ4n) is 3.60. The van der Waals surface area contributed by atoms with E-state index in [0.717, 1.165) is 18.4 Å². The first-order valence-corrected chi connectivity index (χ1v) is 10.8. The summed E-state index contributed by atoms with van der Waals surface area (Å²) in [4.78, 5) is 23.7. The van der Waals surface area contributed by atoms with Crippen LogP contribution in [0.4, 0.5) is 0 Å². The van der Waals surface area contributed by atoms with Gasteiger partial charge in [-0.15, -0.1) is 0 Å². The van der Waals surface area contributed by atoms with Gasteiger partial charge in [0.1, 0.15) is 5.75 Å². The summed E-state index contributed by atoms with van der Waals surface area (Å²) < 4.78 is 5.88. The number of carboxylic acids is 1. The second kappa shape index (κ2) is 11.7. The van der Waals surface area contributed by atoms with E-state index in [1.165, 1.54) is 16.7 Å². The van der Waals surface area contributed by atoms with E-state index < -0.39 is 5.97 Å². The molecule has 32 heavy (non-hydrogen) atoms. The quantitative estimate of drug-likeness (QED) is 0.478. The average Bonchev–Trinajstić information content (AvgIpc) is 2.75. The van der Waals surface area contributed by atoms with Gasteiger partial charge in [0.25, 0.3) is 0 Å². The van der Waals surface area contributed by atoms with Crippen LogP contribution >= 0.6 is 0 Å². The van der Waals surface area contributed by atoms with Gasteiger partial charge < -0.3 is 15.2 Å². The van der Waals surface area contributed by atoms with Gasteiger partial charge >= 0.3 is 5.97 Å². The summed E-state index contributed by atoms with van der Waals surface area (Å²) in [7, 11) is 0. The molecule has 5 nitrogen and oxygen atoms in total. The summed E-state index contributed by atoms with van der Waals surface area (Å²) in [5, 5.41) is 12.1. The lowest BCUT2D eigenvalue weighted by molar-refractivity contribution is -0.136. The molecule has 0 atom stereocenters. The number of benzene rings is 3. The highest BCUT2D eigenvalue weighted by atomic mass is 16.5. The number of rotatable bonds is 11. The highest BCUT2D eigenvalue weighted by molar-refractivity contribution is 5.79. The molecule has 0 aliphatic heterocycles. The van der Waals surface area contributed by atoms with Gasteiger partial charge in [0.05, 0.1) is 19.4 Å². The van der Waals surface area contributed by atoms with Crippen LogP contribution in [0.3, 0.4) is 0 Å². The molecule has 0 aromatic heterocycles. The van der Waals surface area contributed by atoms with Crippen LogP contribution < -0.4 is 10.1 Å². The van der Waals surface area contributed by atoms with Gasteiger partial charge in [-0.05, 0) is 53.3 Å². The van der Waals surface area contributed by atoms with Crippen molar-refractivity contribution in [1.29, 1.82) is 0 Å². The van der Waals surface area contributed by atoms with Crippen molar-refractivity contribution in [3.05, 3.63) is 101 Å². The van der Waals surface area contributed by atoms with Crippen LogP contribution in [-0.4, -0.2) is 30.1 Å². The van der Waals surface area contributed by atoms with Crippen LogP contribution in [0.5, 0.6) is 5.75 Å². The van der Waals surface area contributed by atoms with Crippen LogP contribution in [0.25, 0.3) is 0 Å². The number of amides is 1. The zero-order chi connectivity index (χ0) is 22.8. The predicted molar refractivity (Wildman–Crippen MR) is 125 cm³/mol. The molecule has 0 aliphatic carbocycles. The highest BCUT2D eigenvalue weighted by Gasteiger charge is 2.10. The number of nitrogens with one attached hydrogen (secondary N) is 1. The molecule has 1 amide bonds. The smallest absolute Gasteiger partial charge is 0.307 e. The van der Waals surface area contributed by atoms with E-state index in [0.29, 0.717) is 24.5 Å². The molecule has 0 radical (unpaired) electrons. The monoisotopic (exact) mass is 431 g/mol. The number of aryl methyl sites for hydroxylation is 1. The van der Waals surface area contributed by atoms with Gasteiger partial charge in [-0.1, -0.05) is 60.7 Å². The Morgan fingerprint density at radius 3 is 2.25 bits per heavy atom. The Balaban J connectivity index is 1.58. The molecule has 5 heteroatoms. The van der Waals surface area contributed by atoms with Crippen LogP contribution in [0.15, 0.2) is 72.8 Å². The lowest BCUT2D eigenvalue weighted by Crippen LogP contribution is -2.27. The van der Waals surface area contributed by atoms with Crippen molar-refractivity contribution >= 4 is 11.9 Å². The predicted octanol–water partition coefficient (Wildman–Crippen LogP) is 4.15. The largest absolute Gasteiger partial charge is 0.493 e. The van der Waals surface area contributed by atoms with E-state index in [2.05, 4.69) is 24.4 Å². The van der Waals surface area contributed by atoms with Crippen LogP contribution in [0.2, 0.25) is 0 Å². The molecule has 0 saturated heterocycles. The molecular weight excluding hydrogens is 402 g/mol. The van der Waals surface area contributed by atoms with Crippen molar-refractivity contribution in [2.24, 2.45) is 0 Å². The number of aliphatic carboxylic acids is 1. The zero-order valence-electron chi connectivity index (χ0n) is 18.3. The Labute approximate surface area is 189 Å². The van der Waals surface area contributed by atoms with Crippen LogP contribution in [-0.2, 0) is 35.3 Å². The topological polar surface area (TPSA) is 75.6 Å². The molecule has 0 unspecified atom stereocenters. The first kappa shape index (κ1) is 23.1. The van der Waals surface area contributed by atoms with Crippen molar-refractivity contribution in [2.75, 3.05) is 13.2 Å². The minimum Gasteiger partial charge on any atom is -0.493 e. The molecule has 0 heterocycles. The normalized spacial score (nSPS) is 10.5. The highest BCUT2D eigenvalue weighted by Crippen LogP contribution is 2.19. The van der Waals surface area contributed by atoms with Gasteiger partial charge in [0.15, 0.2) is 0 Å². The number of hydrogen-bond acceptors (Lipinski definition) is 3. The summed E-state index contributed by atoms with van der Waals surface area (Å²) in [6.45, 7) is 3.09. The van der Waals surface area contributed by atoms with Gasteiger partial charge in [0.2, 0.25) is 5.91 Å². The van der Waals surface area contributed by atoms with Crippen LogP contribution in [0.1, 0.15) is 27.8 Å². The minimum absolute atomic E-state index is 0.0960. The average molecular weight is 432 g/mol. The Bertz CT molecular complexity index is 1050. The first-order chi connectivity index (χ1) is 15.5. The lowest BCUT2D eigenvalue weighted by atomic mass is 10.0. The maximum atomic E-state index is 12.5. The first-order valence-electron chi connectivity index (χ1n) is 10.8. The summed E-state index contributed by atoms with van der Waals surface area (Å²) in [6, 6.07) is 23.5. The van der Waals surface area contributed by atoms with Gasteiger partial charge in [-0.3, -0.25) is 9.59 Å². The Hall–Kier alpha value is -3.60. The molecule has 0 fully saturated rings. The second-order valence-corrected chi connectivity index (χ2v) is 7.84. The van der Waals surface area contributed by atoms with Gasteiger partial charge in [0, 0.05) is 13.0 Å². The molecule has 0 saturated carbocycles. The van der Waals surface area contributed by atoms with Gasteiger partial charge in [-0.2, -0.15) is 0 Å². The maximum absolute atomic E-state index is 12.5. The summed E-state index contributed by atoms with van der Waals surface area (Å²) in [6.07, 6.45) is 1.58. The third-order valence-electron chi connectivity index (χ3n) is 5.23. The Kier molecular flexibility index (Phi) is 8.44. The third-order valence-corrected chi connectivity index (χ3v) is 5.23. The Morgan fingerprint density at radius 2 is 1.53 bits per heavy atom. The van der Waals surface area contributed by atoms with E-state index in [9.17, 15) is 14.7 Å². The van der Waals surface area contributed by atoms with E-state index in [1.54, 1.807) is 12.1 Å². The van der Waals surface area contributed by atoms with Crippen molar-refractivity contribution in [1.82, 2.24) is 5.32 Å². The van der Waals surface area contributed by atoms with E-state index in [-0.39, 0.29) is 18.7 Å². The van der Waals surface area contributed by atoms with E-state index in [1.807, 2.05) is 48.5 Å². The zero-order valence-corrected chi connectivity index (χ0v) is 18.3. The minimum atomic E-state index is -0.917. The number of hydrogen-bond donors (Lipinski definition) is 2. The van der Waals surface area contributed by atoms with Crippen LogP contribution in [0, 0.1) is 6.92 Å². The number of ether oxygens (including phenoxy) is 1. The fraction of sp³-hybridized carbons (Fsp3) is 0.259. The third kappa shape index (κ3) is 7.58. The number of carboxylic acid groups (broad SMARTS) is 1. The lowest BCUT2D eigenvalue weighted by Gasteiger charge is -2.12. The molecule has 2 N–H and O–H groups in total. The molecule has 0 bridgehead atoms. The SMILES string of the molecule is Cc1ccccc1CCNC(=O)Cc1cc(CC(=O)O)cc(OCCc2ccccc2)c1. The molecule has 166 valence electrons. The van der Waals surface area contributed by atoms with E-state index in [4.69, 9.17) is 4.74 Å². The summed E-state index contributed by atoms with van der Waals surface area (Å²) in [5.74, 6) is -0.427. The molecule has 3 aromatic rings. The summed E-state index contributed by atoms with van der Waals surface area (Å²) >= 11 is 0. The summed E-state index contributed by atoms with van der Waals surface area (Å²) in [5.41, 5.74) is 4.96. The molecule has 0 spiro atoms. The molecule has 3 aromatic carbocycles.